The number of nitrogens with zero attached hydrogens (tertiary/aromatic N) is 2. The maximum Gasteiger partial charge on any atom is 0.229 e. The van der Waals surface area contributed by atoms with Crippen LogP contribution in [0.4, 0.5) is 17.5 Å². The van der Waals surface area contributed by atoms with E-state index in [1.807, 2.05) is 48.5 Å². The summed E-state index contributed by atoms with van der Waals surface area (Å²) in [4.78, 5) is 9.08. The molecule has 0 fully saturated rings. The van der Waals surface area contributed by atoms with Gasteiger partial charge in [-0.05, 0) is 42.8 Å². The Bertz CT molecular complexity index is 792. The van der Waals surface area contributed by atoms with Crippen molar-refractivity contribution in [3.63, 3.8) is 0 Å². The fourth-order valence-electron chi connectivity index (χ4n) is 2.22. The van der Waals surface area contributed by atoms with Gasteiger partial charge in [0, 0.05) is 29.2 Å². The van der Waals surface area contributed by atoms with Crippen molar-refractivity contribution < 1.29 is 5.11 Å². The van der Waals surface area contributed by atoms with Gasteiger partial charge in [-0.1, -0.05) is 23.7 Å². The Labute approximate surface area is 139 Å². The van der Waals surface area contributed by atoms with E-state index >= 15 is 0 Å². The van der Waals surface area contributed by atoms with Gasteiger partial charge in [0.1, 0.15) is 5.82 Å². The zero-order chi connectivity index (χ0) is 16.1. The van der Waals surface area contributed by atoms with Gasteiger partial charge in [0.05, 0.1) is 5.52 Å². The molecule has 0 amide bonds. The first kappa shape index (κ1) is 15.5. The third kappa shape index (κ3) is 3.88. The van der Waals surface area contributed by atoms with Crippen LogP contribution in [0.15, 0.2) is 48.5 Å². The molecule has 0 unspecified atom stereocenters. The summed E-state index contributed by atoms with van der Waals surface area (Å²) in [6.07, 6.45) is 0.665. The van der Waals surface area contributed by atoms with E-state index in [4.69, 9.17) is 16.7 Å². The minimum Gasteiger partial charge on any atom is -0.396 e. The van der Waals surface area contributed by atoms with Crippen LogP contribution in [-0.2, 0) is 0 Å². The minimum atomic E-state index is 0.145. The van der Waals surface area contributed by atoms with Crippen LogP contribution in [0.1, 0.15) is 6.42 Å². The molecule has 0 atom stereocenters. The van der Waals surface area contributed by atoms with Crippen molar-refractivity contribution in [1.29, 1.82) is 0 Å². The second-order valence-electron chi connectivity index (χ2n) is 5.05. The first-order valence-corrected chi connectivity index (χ1v) is 7.78. The average molecular weight is 329 g/mol. The number of aliphatic hydroxyl groups excluding tert-OH is 1. The van der Waals surface area contributed by atoms with Crippen LogP contribution >= 0.6 is 11.6 Å². The zero-order valence-electron chi connectivity index (χ0n) is 12.5. The van der Waals surface area contributed by atoms with Crippen LogP contribution in [0.25, 0.3) is 10.9 Å². The Morgan fingerprint density at radius 2 is 1.78 bits per heavy atom. The van der Waals surface area contributed by atoms with E-state index < -0.39 is 0 Å². The Hall–Kier alpha value is -2.37. The number of halogens is 1. The number of aromatic nitrogens is 2. The number of rotatable bonds is 6. The molecule has 3 aromatic rings. The molecule has 0 saturated carbocycles. The topological polar surface area (TPSA) is 70.1 Å². The summed E-state index contributed by atoms with van der Waals surface area (Å²) in [5.74, 6) is 1.26. The van der Waals surface area contributed by atoms with Gasteiger partial charge in [-0.3, -0.25) is 0 Å². The molecule has 0 aliphatic heterocycles. The normalized spacial score (nSPS) is 10.7. The summed E-state index contributed by atoms with van der Waals surface area (Å²) in [6.45, 7) is 0.795. The second-order valence-corrected chi connectivity index (χ2v) is 5.49. The summed E-state index contributed by atoms with van der Waals surface area (Å²) < 4.78 is 0. The fourth-order valence-corrected chi connectivity index (χ4v) is 2.34. The number of anilines is 3. The largest absolute Gasteiger partial charge is 0.396 e. The van der Waals surface area contributed by atoms with Crippen molar-refractivity contribution in [3.05, 3.63) is 53.6 Å². The lowest BCUT2D eigenvalue weighted by atomic mass is 10.2. The summed E-state index contributed by atoms with van der Waals surface area (Å²) in [7, 11) is 0. The summed E-state index contributed by atoms with van der Waals surface area (Å²) in [5.41, 5.74) is 1.72. The van der Waals surface area contributed by atoms with E-state index in [1.165, 1.54) is 0 Å². The van der Waals surface area contributed by atoms with Crippen LogP contribution in [0.5, 0.6) is 0 Å². The standard InChI is InChI=1S/C17H17ClN4O/c18-12-6-8-13(9-7-12)20-17-21-15-5-2-1-4-14(15)16(22-17)19-10-3-11-23/h1-2,4-9,23H,3,10-11H2,(H2,19,20,21,22). The quantitative estimate of drug-likeness (QED) is 0.600. The van der Waals surface area contributed by atoms with Gasteiger partial charge in [-0.15, -0.1) is 0 Å². The van der Waals surface area contributed by atoms with Gasteiger partial charge in [-0.25, -0.2) is 4.98 Å². The van der Waals surface area contributed by atoms with E-state index in [-0.39, 0.29) is 6.61 Å². The fraction of sp³-hybridized carbons (Fsp3) is 0.176. The number of nitrogens with one attached hydrogen (secondary N) is 2. The Morgan fingerprint density at radius 1 is 1.00 bits per heavy atom. The highest BCUT2D eigenvalue weighted by molar-refractivity contribution is 6.30. The maximum absolute atomic E-state index is 8.93. The first-order chi connectivity index (χ1) is 11.3. The highest BCUT2D eigenvalue weighted by Crippen LogP contribution is 2.24. The lowest BCUT2D eigenvalue weighted by Gasteiger charge is -2.11. The van der Waals surface area contributed by atoms with Gasteiger partial charge in [0.15, 0.2) is 0 Å². The highest BCUT2D eigenvalue weighted by Gasteiger charge is 2.07. The van der Waals surface area contributed by atoms with Crippen molar-refractivity contribution in [2.24, 2.45) is 0 Å². The molecule has 1 heterocycles. The van der Waals surface area contributed by atoms with Crippen molar-refractivity contribution in [2.45, 2.75) is 6.42 Å². The van der Waals surface area contributed by atoms with Crippen molar-refractivity contribution >= 4 is 40.0 Å². The predicted molar refractivity (Wildman–Crippen MR) is 94.5 cm³/mol. The summed E-state index contributed by atoms with van der Waals surface area (Å²) >= 11 is 5.90. The summed E-state index contributed by atoms with van der Waals surface area (Å²) in [6, 6.07) is 15.2. The van der Waals surface area contributed by atoms with Crippen LogP contribution < -0.4 is 10.6 Å². The number of hydrogen-bond donors (Lipinski definition) is 3. The SMILES string of the molecule is OCCCNc1nc(Nc2ccc(Cl)cc2)nc2ccccc12. The minimum absolute atomic E-state index is 0.145. The van der Waals surface area contributed by atoms with Crippen LogP contribution in [0, 0.1) is 0 Å². The number of para-hydroxylation sites is 1. The van der Waals surface area contributed by atoms with Crippen molar-refractivity contribution in [3.8, 4) is 0 Å². The van der Waals surface area contributed by atoms with Gasteiger partial charge in [0.2, 0.25) is 5.95 Å². The molecular formula is C17H17ClN4O. The second kappa shape index (κ2) is 7.26. The molecule has 0 radical (unpaired) electrons. The molecule has 23 heavy (non-hydrogen) atoms. The predicted octanol–water partition coefficient (Wildman–Crippen LogP) is 3.82. The monoisotopic (exact) mass is 328 g/mol. The lowest BCUT2D eigenvalue weighted by molar-refractivity contribution is 0.292. The molecule has 118 valence electrons. The Morgan fingerprint density at radius 3 is 2.57 bits per heavy atom. The van der Waals surface area contributed by atoms with E-state index in [1.54, 1.807) is 0 Å². The summed E-state index contributed by atoms with van der Waals surface area (Å²) in [5, 5.41) is 17.0. The number of aliphatic hydroxyl groups is 1. The van der Waals surface area contributed by atoms with Crippen molar-refractivity contribution in [1.82, 2.24) is 9.97 Å². The molecule has 3 rings (SSSR count). The van der Waals surface area contributed by atoms with E-state index in [9.17, 15) is 0 Å². The van der Waals surface area contributed by atoms with Gasteiger partial charge in [0.25, 0.3) is 0 Å². The third-order valence-corrected chi connectivity index (χ3v) is 3.58. The molecule has 5 nitrogen and oxygen atoms in total. The third-order valence-electron chi connectivity index (χ3n) is 3.33. The van der Waals surface area contributed by atoms with Crippen LogP contribution in [0.3, 0.4) is 0 Å². The van der Waals surface area contributed by atoms with E-state index in [0.29, 0.717) is 23.9 Å². The number of fused-ring (bicyclic) bond motifs is 1. The van der Waals surface area contributed by atoms with E-state index in [2.05, 4.69) is 20.6 Å². The lowest BCUT2D eigenvalue weighted by Crippen LogP contribution is -2.08. The van der Waals surface area contributed by atoms with Crippen molar-refractivity contribution in [2.75, 3.05) is 23.8 Å². The van der Waals surface area contributed by atoms with Gasteiger partial charge >= 0.3 is 0 Å². The first-order valence-electron chi connectivity index (χ1n) is 7.40. The molecule has 0 bridgehead atoms. The van der Waals surface area contributed by atoms with Gasteiger partial charge in [-0.2, -0.15) is 4.98 Å². The smallest absolute Gasteiger partial charge is 0.229 e. The number of benzene rings is 2. The highest BCUT2D eigenvalue weighted by atomic mass is 35.5. The van der Waals surface area contributed by atoms with Crippen LogP contribution in [-0.4, -0.2) is 28.2 Å². The molecule has 2 aromatic carbocycles. The molecule has 1 aromatic heterocycles. The Balaban J connectivity index is 1.92. The number of hydrogen-bond acceptors (Lipinski definition) is 5. The van der Waals surface area contributed by atoms with Crippen LogP contribution in [0.2, 0.25) is 5.02 Å². The maximum atomic E-state index is 8.93. The molecule has 3 N–H and O–H groups in total. The molecule has 0 aliphatic rings. The molecule has 0 saturated heterocycles. The Kier molecular flexibility index (Phi) is 4.90. The zero-order valence-corrected chi connectivity index (χ0v) is 13.2. The van der Waals surface area contributed by atoms with E-state index in [0.717, 1.165) is 22.4 Å². The average Bonchev–Trinajstić information content (AvgIpc) is 2.57. The molecule has 0 aliphatic carbocycles. The molecule has 6 heteroatoms. The van der Waals surface area contributed by atoms with Gasteiger partial charge < -0.3 is 15.7 Å². The molecule has 0 spiro atoms. The molecular weight excluding hydrogens is 312 g/mol.